The molecule has 0 unspecified atom stereocenters. The standard InChI is InChI=1S/C25H26I2N2O3S/c1-25(2,3)15-6-7-18-20(10-15)33-24(21(18)23(31)28-13-17-5-4-8-32-17)29-12-14-9-16(26)11-19(27)22(14)30/h4-5,8-9,11-12,15,30H,6-7,10,13H2,1-3H3,(H,28,31)/t15-/m0/s1. The summed E-state index contributed by atoms with van der Waals surface area (Å²) < 4.78 is 7.16. The van der Waals surface area contributed by atoms with Crippen molar-refractivity contribution in [2.75, 3.05) is 0 Å². The second-order valence-corrected chi connectivity index (χ2v) is 12.8. The Morgan fingerprint density at radius 3 is 2.85 bits per heavy atom. The summed E-state index contributed by atoms with van der Waals surface area (Å²) in [6.07, 6.45) is 6.17. The van der Waals surface area contributed by atoms with Gasteiger partial charge < -0.3 is 14.8 Å². The summed E-state index contributed by atoms with van der Waals surface area (Å²) in [5.74, 6) is 1.36. The SMILES string of the molecule is CC(C)(C)[C@H]1CCc2c(sc(N=Cc3cc(I)cc(I)c3O)c2C(=O)NCc2ccco2)C1. The number of fused-ring (bicyclic) bond motifs is 1. The van der Waals surface area contributed by atoms with Crippen molar-refractivity contribution in [1.29, 1.82) is 0 Å². The largest absolute Gasteiger partial charge is 0.506 e. The fraction of sp³-hybridized carbons (Fsp3) is 0.360. The van der Waals surface area contributed by atoms with Crippen LogP contribution in [0.4, 0.5) is 5.00 Å². The molecule has 1 amide bonds. The Bertz CT molecular complexity index is 1190. The Balaban J connectivity index is 1.69. The summed E-state index contributed by atoms with van der Waals surface area (Å²) in [6.45, 7) is 7.19. The number of rotatable bonds is 5. The molecular formula is C25H26I2N2O3S. The molecule has 4 rings (SSSR count). The number of furan rings is 1. The van der Waals surface area contributed by atoms with E-state index in [2.05, 4.69) is 71.3 Å². The van der Waals surface area contributed by atoms with Gasteiger partial charge in [-0.3, -0.25) is 4.79 Å². The van der Waals surface area contributed by atoms with Gasteiger partial charge in [0.2, 0.25) is 0 Å². The van der Waals surface area contributed by atoms with E-state index in [1.807, 2.05) is 24.3 Å². The minimum absolute atomic E-state index is 0.133. The van der Waals surface area contributed by atoms with Gasteiger partial charge in [0.05, 0.1) is 21.9 Å². The number of aliphatic imine (C=N–C) groups is 1. The lowest BCUT2D eigenvalue weighted by Crippen LogP contribution is -2.28. The summed E-state index contributed by atoms with van der Waals surface area (Å²) >= 11 is 5.94. The van der Waals surface area contributed by atoms with Crippen LogP contribution in [-0.2, 0) is 19.4 Å². The first kappa shape index (κ1) is 24.7. The Hall–Kier alpha value is -1.40. The quantitative estimate of drug-likeness (QED) is 0.222. The zero-order valence-corrected chi connectivity index (χ0v) is 23.9. The maximum Gasteiger partial charge on any atom is 0.255 e. The lowest BCUT2D eigenvalue weighted by atomic mass is 9.72. The predicted octanol–water partition coefficient (Wildman–Crippen LogP) is 7.09. The van der Waals surface area contributed by atoms with Gasteiger partial charge >= 0.3 is 0 Å². The third kappa shape index (κ3) is 5.64. The average molecular weight is 688 g/mol. The molecule has 1 aliphatic carbocycles. The molecule has 1 atom stereocenters. The van der Waals surface area contributed by atoms with Gasteiger partial charge in [0.15, 0.2) is 0 Å². The first-order valence-corrected chi connectivity index (χ1v) is 13.8. The molecule has 1 aromatic carbocycles. The first-order valence-electron chi connectivity index (χ1n) is 10.8. The lowest BCUT2D eigenvalue weighted by molar-refractivity contribution is 0.0947. The molecule has 0 fully saturated rings. The van der Waals surface area contributed by atoms with E-state index in [1.165, 1.54) is 4.88 Å². The molecule has 0 bridgehead atoms. The number of amides is 1. The Labute approximate surface area is 225 Å². The van der Waals surface area contributed by atoms with Crippen molar-refractivity contribution < 1.29 is 14.3 Å². The van der Waals surface area contributed by atoms with Gasteiger partial charge in [0.1, 0.15) is 16.5 Å². The summed E-state index contributed by atoms with van der Waals surface area (Å²) in [5.41, 5.74) is 2.64. The molecule has 0 saturated heterocycles. The number of hydrogen-bond acceptors (Lipinski definition) is 5. The zero-order valence-electron chi connectivity index (χ0n) is 18.7. The third-order valence-electron chi connectivity index (χ3n) is 6.08. The maximum absolute atomic E-state index is 13.3. The number of phenols is 1. The minimum atomic E-state index is -0.133. The molecule has 3 aromatic rings. The molecular weight excluding hydrogens is 662 g/mol. The highest BCUT2D eigenvalue weighted by atomic mass is 127. The van der Waals surface area contributed by atoms with Gasteiger partial charge in [0.25, 0.3) is 5.91 Å². The van der Waals surface area contributed by atoms with Gasteiger partial charge in [-0.05, 0) is 106 Å². The molecule has 0 aliphatic heterocycles. The number of carbonyl (C=O) groups is 1. The first-order chi connectivity index (χ1) is 15.6. The molecule has 0 radical (unpaired) electrons. The third-order valence-corrected chi connectivity index (χ3v) is 8.69. The molecule has 0 spiro atoms. The predicted molar refractivity (Wildman–Crippen MR) is 150 cm³/mol. The van der Waals surface area contributed by atoms with Crippen LogP contribution in [0.3, 0.4) is 0 Å². The van der Waals surface area contributed by atoms with Crippen LogP contribution in [-0.4, -0.2) is 17.2 Å². The highest BCUT2D eigenvalue weighted by Gasteiger charge is 2.33. The van der Waals surface area contributed by atoms with Crippen LogP contribution in [0.15, 0.2) is 39.9 Å². The van der Waals surface area contributed by atoms with Crippen molar-refractivity contribution in [3.63, 3.8) is 0 Å². The smallest absolute Gasteiger partial charge is 0.255 e. The van der Waals surface area contributed by atoms with E-state index in [4.69, 9.17) is 9.41 Å². The molecule has 8 heteroatoms. The van der Waals surface area contributed by atoms with Gasteiger partial charge in [-0.1, -0.05) is 20.8 Å². The Morgan fingerprint density at radius 2 is 2.15 bits per heavy atom. The molecule has 2 N–H and O–H groups in total. The van der Waals surface area contributed by atoms with Gasteiger partial charge in [-0.2, -0.15) is 0 Å². The van der Waals surface area contributed by atoms with E-state index >= 15 is 0 Å². The summed E-state index contributed by atoms with van der Waals surface area (Å²) in [4.78, 5) is 19.3. The van der Waals surface area contributed by atoms with Crippen molar-refractivity contribution in [3.8, 4) is 5.75 Å². The van der Waals surface area contributed by atoms with Crippen LogP contribution < -0.4 is 5.32 Å². The number of aromatic hydroxyl groups is 1. The lowest BCUT2D eigenvalue weighted by Gasteiger charge is -2.33. The van der Waals surface area contributed by atoms with Crippen LogP contribution in [0.25, 0.3) is 0 Å². The van der Waals surface area contributed by atoms with Crippen LogP contribution in [0.2, 0.25) is 0 Å². The van der Waals surface area contributed by atoms with Crippen molar-refractivity contribution in [2.45, 2.75) is 46.6 Å². The minimum Gasteiger partial charge on any atom is -0.506 e. The number of hydrogen-bond donors (Lipinski definition) is 2. The van der Waals surface area contributed by atoms with Crippen LogP contribution in [0, 0.1) is 18.5 Å². The normalized spacial score (nSPS) is 16.2. The number of halogens is 2. The number of benzene rings is 1. The van der Waals surface area contributed by atoms with Crippen LogP contribution in [0.5, 0.6) is 5.75 Å². The van der Waals surface area contributed by atoms with Crippen molar-refractivity contribution in [2.24, 2.45) is 16.3 Å². The topological polar surface area (TPSA) is 74.8 Å². The fourth-order valence-electron chi connectivity index (χ4n) is 4.12. The second kappa shape index (κ2) is 10.1. The van der Waals surface area contributed by atoms with E-state index < -0.39 is 0 Å². The Kier molecular flexibility index (Phi) is 7.54. The molecule has 174 valence electrons. The van der Waals surface area contributed by atoms with Crippen molar-refractivity contribution in [1.82, 2.24) is 5.32 Å². The fourth-order valence-corrected chi connectivity index (χ4v) is 7.28. The van der Waals surface area contributed by atoms with Gasteiger partial charge in [-0.25, -0.2) is 4.99 Å². The monoisotopic (exact) mass is 688 g/mol. The van der Waals surface area contributed by atoms with Crippen LogP contribution in [0.1, 0.15) is 59.3 Å². The zero-order chi connectivity index (χ0) is 23.8. The molecule has 2 aromatic heterocycles. The van der Waals surface area contributed by atoms with E-state index in [-0.39, 0.29) is 17.1 Å². The molecule has 5 nitrogen and oxygen atoms in total. The molecule has 0 saturated carbocycles. The number of thiophene rings is 1. The van der Waals surface area contributed by atoms with Crippen LogP contribution >= 0.6 is 56.5 Å². The second-order valence-electron chi connectivity index (χ2n) is 9.34. The highest BCUT2D eigenvalue weighted by Crippen LogP contribution is 2.45. The molecule has 2 heterocycles. The average Bonchev–Trinajstić information content (AvgIpc) is 3.39. The number of nitrogens with zero attached hydrogens (tertiary/aromatic N) is 1. The Morgan fingerprint density at radius 1 is 1.36 bits per heavy atom. The van der Waals surface area contributed by atoms with E-state index in [9.17, 15) is 9.90 Å². The molecule has 1 aliphatic rings. The number of carbonyl (C=O) groups excluding carboxylic acids is 1. The van der Waals surface area contributed by atoms with Gasteiger partial charge in [-0.15, -0.1) is 11.3 Å². The number of phenolic OH excluding ortho intramolecular Hbond substituents is 1. The summed E-state index contributed by atoms with van der Waals surface area (Å²) in [6, 6.07) is 7.46. The maximum atomic E-state index is 13.3. The van der Waals surface area contributed by atoms with E-state index in [0.717, 1.165) is 32.0 Å². The van der Waals surface area contributed by atoms with E-state index in [1.54, 1.807) is 23.8 Å². The van der Waals surface area contributed by atoms with E-state index in [0.29, 0.717) is 34.4 Å². The number of nitrogens with one attached hydrogen (secondary N) is 1. The molecule has 33 heavy (non-hydrogen) atoms. The summed E-state index contributed by atoms with van der Waals surface area (Å²) in [7, 11) is 0. The van der Waals surface area contributed by atoms with Crippen molar-refractivity contribution >= 4 is 73.6 Å². The summed E-state index contributed by atoms with van der Waals surface area (Å²) in [5, 5.41) is 14.2. The van der Waals surface area contributed by atoms with Gasteiger partial charge in [0, 0.05) is 20.2 Å². The highest BCUT2D eigenvalue weighted by molar-refractivity contribution is 14.1. The van der Waals surface area contributed by atoms with Crippen molar-refractivity contribution in [3.05, 3.63) is 65.0 Å².